The molecule has 1 amide bonds. The second kappa shape index (κ2) is 3.17. The fourth-order valence-electron chi connectivity index (χ4n) is 0.756. The molecule has 0 spiro atoms. The highest BCUT2D eigenvalue weighted by atomic mass is 16.2. The number of primary amides is 1. The van der Waals surface area contributed by atoms with Crippen LogP contribution in [0.1, 0.15) is 17.4 Å². The molecule has 1 aromatic rings. The maximum atomic E-state index is 11.3. The van der Waals surface area contributed by atoms with Crippen LogP contribution in [-0.2, 0) is 4.79 Å². The second-order valence-corrected chi connectivity index (χ2v) is 2.46. The molecular weight excluding hydrogens is 158 g/mol. The summed E-state index contributed by atoms with van der Waals surface area (Å²) >= 11 is 0. The summed E-state index contributed by atoms with van der Waals surface area (Å²) in [6.45, 7) is 1.46. The lowest BCUT2D eigenvalue weighted by molar-refractivity contribution is -0.119. The van der Waals surface area contributed by atoms with Gasteiger partial charge in [0.15, 0.2) is 5.78 Å². The number of aromatic nitrogens is 2. The van der Waals surface area contributed by atoms with Crippen molar-refractivity contribution in [2.24, 2.45) is 11.7 Å². The summed E-state index contributed by atoms with van der Waals surface area (Å²) in [6.07, 6.45) is 1.45. The monoisotopic (exact) mass is 167 g/mol. The van der Waals surface area contributed by atoms with E-state index in [2.05, 4.69) is 10.2 Å². The molecule has 5 heteroatoms. The van der Waals surface area contributed by atoms with E-state index in [4.69, 9.17) is 5.73 Å². The van der Waals surface area contributed by atoms with Gasteiger partial charge in [-0.15, -0.1) is 0 Å². The zero-order valence-corrected chi connectivity index (χ0v) is 6.57. The molecule has 3 N–H and O–H groups in total. The van der Waals surface area contributed by atoms with E-state index in [1.807, 2.05) is 0 Å². The normalized spacial score (nSPS) is 12.4. The van der Waals surface area contributed by atoms with Crippen LogP contribution < -0.4 is 5.73 Å². The van der Waals surface area contributed by atoms with Crippen LogP contribution in [0.5, 0.6) is 0 Å². The first kappa shape index (κ1) is 8.45. The largest absolute Gasteiger partial charge is 0.369 e. The van der Waals surface area contributed by atoms with Crippen LogP contribution in [0.3, 0.4) is 0 Å². The minimum absolute atomic E-state index is 0.307. The van der Waals surface area contributed by atoms with E-state index in [1.165, 1.54) is 19.2 Å². The first-order valence-electron chi connectivity index (χ1n) is 3.46. The lowest BCUT2D eigenvalue weighted by Crippen LogP contribution is -2.28. The van der Waals surface area contributed by atoms with Gasteiger partial charge < -0.3 is 5.73 Å². The van der Waals surface area contributed by atoms with Gasteiger partial charge in [0.1, 0.15) is 5.69 Å². The molecule has 0 radical (unpaired) electrons. The summed E-state index contributed by atoms with van der Waals surface area (Å²) < 4.78 is 0. The average molecular weight is 167 g/mol. The highest BCUT2D eigenvalue weighted by Gasteiger charge is 2.20. The zero-order chi connectivity index (χ0) is 9.14. The first-order chi connectivity index (χ1) is 5.63. The van der Waals surface area contributed by atoms with Gasteiger partial charge in [-0.05, 0) is 13.0 Å². The Morgan fingerprint density at radius 1 is 1.67 bits per heavy atom. The summed E-state index contributed by atoms with van der Waals surface area (Å²) in [6, 6.07) is 1.50. The van der Waals surface area contributed by atoms with Gasteiger partial charge in [0.05, 0.1) is 5.92 Å². The average Bonchev–Trinajstić information content (AvgIpc) is 2.53. The molecule has 64 valence electrons. The van der Waals surface area contributed by atoms with Crippen LogP contribution in [0.2, 0.25) is 0 Å². The molecule has 0 saturated heterocycles. The van der Waals surface area contributed by atoms with Crippen LogP contribution in [0.25, 0.3) is 0 Å². The number of hydrogen-bond donors (Lipinski definition) is 2. The molecule has 0 aromatic carbocycles. The number of rotatable bonds is 3. The number of amides is 1. The maximum Gasteiger partial charge on any atom is 0.228 e. The fraction of sp³-hybridized carbons (Fsp3) is 0.286. The number of aromatic amines is 1. The summed E-state index contributed by atoms with van der Waals surface area (Å²) in [7, 11) is 0. The second-order valence-electron chi connectivity index (χ2n) is 2.46. The third-order valence-corrected chi connectivity index (χ3v) is 1.59. The number of ketones is 1. The molecular formula is C7H9N3O2. The van der Waals surface area contributed by atoms with E-state index >= 15 is 0 Å². The molecule has 1 heterocycles. The summed E-state index contributed by atoms with van der Waals surface area (Å²) in [4.78, 5) is 21.9. The summed E-state index contributed by atoms with van der Waals surface area (Å²) in [5, 5.41) is 6.05. The van der Waals surface area contributed by atoms with Gasteiger partial charge in [0.25, 0.3) is 0 Å². The predicted octanol–water partition coefficient (Wildman–Crippen LogP) is -0.286. The highest BCUT2D eigenvalue weighted by molar-refractivity contribution is 6.08. The Labute approximate surface area is 69.0 Å². The van der Waals surface area contributed by atoms with Crippen LogP contribution in [0.15, 0.2) is 12.3 Å². The van der Waals surface area contributed by atoms with Crippen molar-refractivity contribution in [1.82, 2.24) is 10.2 Å². The Morgan fingerprint density at radius 2 is 2.33 bits per heavy atom. The molecule has 0 fully saturated rings. The van der Waals surface area contributed by atoms with Crippen molar-refractivity contribution in [3.8, 4) is 0 Å². The van der Waals surface area contributed by atoms with E-state index in [0.29, 0.717) is 5.69 Å². The van der Waals surface area contributed by atoms with E-state index in [1.54, 1.807) is 0 Å². The lowest BCUT2D eigenvalue weighted by Gasteiger charge is -2.02. The first-order valence-corrected chi connectivity index (χ1v) is 3.46. The van der Waals surface area contributed by atoms with E-state index in [9.17, 15) is 9.59 Å². The van der Waals surface area contributed by atoms with Gasteiger partial charge in [-0.25, -0.2) is 0 Å². The molecule has 0 bridgehead atoms. The molecule has 1 atom stereocenters. The molecule has 0 aliphatic carbocycles. The van der Waals surface area contributed by atoms with Gasteiger partial charge in [-0.3, -0.25) is 14.7 Å². The Kier molecular flexibility index (Phi) is 2.23. The van der Waals surface area contributed by atoms with E-state index in [0.717, 1.165) is 0 Å². The third-order valence-electron chi connectivity index (χ3n) is 1.59. The Bertz CT molecular complexity index is 292. The number of nitrogens with one attached hydrogen (secondary N) is 1. The van der Waals surface area contributed by atoms with Gasteiger partial charge in [0, 0.05) is 6.20 Å². The SMILES string of the molecule is CC(C(N)=O)C(=O)c1ccn[nH]1. The summed E-state index contributed by atoms with van der Waals surface area (Å²) in [5.74, 6) is -1.76. The highest BCUT2D eigenvalue weighted by Crippen LogP contribution is 2.04. The van der Waals surface area contributed by atoms with Crippen molar-refractivity contribution < 1.29 is 9.59 Å². The minimum Gasteiger partial charge on any atom is -0.369 e. The van der Waals surface area contributed by atoms with Gasteiger partial charge in [0.2, 0.25) is 5.91 Å². The Balaban J connectivity index is 2.79. The smallest absolute Gasteiger partial charge is 0.228 e. The van der Waals surface area contributed by atoms with Crippen molar-refractivity contribution >= 4 is 11.7 Å². The van der Waals surface area contributed by atoms with E-state index in [-0.39, 0.29) is 5.78 Å². The van der Waals surface area contributed by atoms with Gasteiger partial charge in [-0.2, -0.15) is 5.10 Å². The number of nitrogens with two attached hydrogens (primary N) is 1. The zero-order valence-electron chi connectivity index (χ0n) is 6.57. The van der Waals surface area contributed by atoms with Crippen molar-refractivity contribution in [2.75, 3.05) is 0 Å². The molecule has 12 heavy (non-hydrogen) atoms. The van der Waals surface area contributed by atoms with Gasteiger partial charge in [-0.1, -0.05) is 0 Å². The van der Waals surface area contributed by atoms with Crippen molar-refractivity contribution in [3.05, 3.63) is 18.0 Å². The predicted molar refractivity (Wildman–Crippen MR) is 41.3 cm³/mol. The number of hydrogen-bond acceptors (Lipinski definition) is 3. The van der Waals surface area contributed by atoms with Crippen LogP contribution in [0, 0.1) is 5.92 Å². The van der Waals surface area contributed by atoms with Gasteiger partial charge >= 0.3 is 0 Å². The van der Waals surface area contributed by atoms with E-state index < -0.39 is 11.8 Å². The Hall–Kier alpha value is -1.65. The molecule has 5 nitrogen and oxygen atoms in total. The minimum atomic E-state index is -0.801. The molecule has 1 unspecified atom stereocenters. The fourth-order valence-corrected chi connectivity index (χ4v) is 0.756. The standard InChI is InChI=1S/C7H9N3O2/c1-4(7(8)12)6(11)5-2-3-9-10-5/h2-4H,1H3,(H2,8,12)(H,9,10). The summed E-state index contributed by atoms with van der Waals surface area (Å²) in [5.41, 5.74) is 5.26. The lowest BCUT2D eigenvalue weighted by atomic mass is 10.0. The van der Waals surface area contributed by atoms with Crippen molar-refractivity contribution in [1.29, 1.82) is 0 Å². The number of Topliss-reactive ketones (excluding diaryl/α,β-unsaturated/α-hetero) is 1. The van der Waals surface area contributed by atoms with Crippen LogP contribution in [-0.4, -0.2) is 21.9 Å². The molecule has 0 aliphatic heterocycles. The number of carbonyl (C=O) groups is 2. The van der Waals surface area contributed by atoms with Crippen LogP contribution >= 0.6 is 0 Å². The third kappa shape index (κ3) is 1.50. The molecule has 0 saturated carbocycles. The molecule has 1 aromatic heterocycles. The molecule has 0 aliphatic rings. The quantitative estimate of drug-likeness (QED) is 0.479. The maximum absolute atomic E-state index is 11.3. The number of nitrogens with zero attached hydrogens (tertiary/aromatic N) is 1. The number of H-pyrrole nitrogens is 1. The van der Waals surface area contributed by atoms with Crippen molar-refractivity contribution in [2.45, 2.75) is 6.92 Å². The topological polar surface area (TPSA) is 88.8 Å². The van der Waals surface area contributed by atoms with Crippen molar-refractivity contribution in [3.63, 3.8) is 0 Å². The van der Waals surface area contributed by atoms with Crippen LogP contribution in [0.4, 0.5) is 0 Å². The Morgan fingerprint density at radius 3 is 2.75 bits per heavy atom. The number of carbonyl (C=O) groups excluding carboxylic acids is 2. The molecule has 1 rings (SSSR count).